The van der Waals surface area contributed by atoms with E-state index in [0.29, 0.717) is 46.4 Å². The molecule has 0 radical (unpaired) electrons. The number of fused-ring (bicyclic) bond motifs is 3. The van der Waals surface area contributed by atoms with Crippen LogP contribution < -0.4 is 10.9 Å². The minimum atomic E-state index is -0.182. The van der Waals surface area contributed by atoms with E-state index in [9.17, 15) is 9.59 Å². The average molecular weight is 486 g/mol. The van der Waals surface area contributed by atoms with Crippen molar-refractivity contribution in [3.05, 3.63) is 69.5 Å². The highest BCUT2D eigenvalue weighted by Gasteiger charge is 2.18. The molecule has 0 saturated carbocycles. The van der Waals surface area contributed by atoms with Gasteiger partial charge < -0.3 is 10.1 Å². The van der Waals surface area contributed by atoms with Crippen LogP contribution in [0.15, 0.2) is 58.5 Å². The lowest BCUT2D eigenvalue weighted by molar-refractivity contribution is -0.119. The van der Waals surface area contributed by atoms with Gasteiger partial charge in [-0.15, -0.1) is 10.2 Å². The number of aromatic nitrogens is 4. The van der Waals surface area contributed by atoms with Gasteiger partial charge in [0.25, 0.3) is 5.56 Å². The predicted molar refractivity (Wildman–Crippen MR) is 130 cm³/mol. The summed E-state index contributed by atoms with van der Waals surface area (Å²) in [6, 6.07) is 14.6. The van der Waals surface area contributed by atoms with Crippen molar-refractivity contribution in [1.29, 1.82) is 0 Å². The number of carbonyl (C=O) groups is 1. The Kier molecular flexibility index (Phi) is 7.32. The Labute approximate surface area is 199 Å². The van der Waals surface area contributed by atoms with E-state index >= 15 is 0 Å². The smallest absolute Gasteiger partial charge is 0.262 e. The molecule has 0 bridgehead atoms. The van der Waals surface area contributed by atoms with E-state index in [4.69, 9.17) is 16.3 Å². The minimum absolute atomic E-state index is 0.119. The number of methoxy groups -OCH3 is 1. The molecule has 0 fully saturated rings. The van der Waals surface area contributed by atoms with E-state index in [1.54, 1.807) is 23.8 Å². The van der Waals surface area contributed by atoms with Crippen molar-refractivity contribution in [3.8, 4) is 0 Å². The second kappa shape index (κ2) is 10.4. The van der Waals surface area contributed by atoms with Gasteiger partial charge >= 0.3 is 0 Å². The number of halogens is 1. The Morgan fingerprint density at radius 2 is 2.03 bits per heavy atom. The van der Waals surface area contributed by atoms with Crippen LogP contribution in [0.1, 0.15) is 24.9 Å². The number of hydrogen-bond acceptors (Lipinski definition) is 6. The van der Waals surface area contributed by atoms with Crippen LogP contribution >= 0.6 is 23.4 Å². The van der Waals surface area contributed by atoms with Crippen LogP contribution in [0.25, 0.3) is 16.7 Å². The highest BCUT2D eigenvalue weighted by atomic mass is 35.5. The van der Waals surface area contributed by atoms with Gasteiger partial charge in [0.2, 0.25) is 11.7 Å². The first kappa shape index (κ1) is 23.3. The summed E-state index contributed by atoms with van der Waals surface area (Å²) in [5.41, 5.74) is 1.52. The molecule has 1 N–H and O–H groups in total. The molecular weight excluding hydrogens is 462 g/mol. The average Bonchev–Trinajstić information content (AvgIpc) is 3.24. The largest absolute Gasteiger partial charge is 0.385 e. The summed E-state index contributed by atoms with van der Waals surface area (Å²) in [6.07, 6.45) is 0.670. The lowest BCUT2D eigenvalue weighted by Gasteiger charge is -2.14. The van der Waals surface area contributed by atoms with Gasteiger partial charge in [0.05, 0.1) is 22.7 Å². The number of hydrogen-bond donors (Lipinski definition) is 1. The number of nitrogens with one attached hydrogen (secondary N) is 1. The van der Waals surface area contributed by atoms with Gasteiger partial charge in [0.15, 0.2) is 5.16 Å². The SMILES string of the molecule is COCCCn1c(=O)c2ccccc2n2c(SCC(=O)NC(C)c3cccc(Cl)c3)nnc12. The fourth-order valence-corrected chi connectivity index (χ4v) is 4.62. The number of benzene rings is 2. The Balaban J connectivity index is 1.58. The number of nitrogens with zero attached hydrogens (tertiary/aromatic N) is 4. The first-order valence-corrected chi connectivity index (χ1v) is 11.9. The van der Waals surface area contributed by atoms with Gasteiger partial charge in [0.1, 0.15) is 0 Å². The van der Waals surface area contributed by atoms with E-state index in [-0.39, 0.29) is 23.3 Å². The molecule has 0 saturated heterocycles. The molecule has 2 aromatic heterocycles. The highest BCUT2D eigenvalue weighted by Crippen LogP contribution is 2.22. The number of rotatable bonds is 9. The van der Waals surface area contributed by atoms with Crippen molar-refractivity contribution in [2.24, 2.45) is 0 Å². The fraction of sp³-hybridized carbons (Fsp3) is 0.304. The standard InChI is InChI=1S/C23H24ClN5O3S/c1-15(16-7-5-8-17(24)13-16)25-20(30)14-33-23-27-26-22-28(11-6-12-32-2)21(31)18-9-3-4-10-19(18)29(22)23/h3-5,7-10,13,15H,6,11-12,14H2,1-2H3,(H,25,30). The maximum absolute atomic E-state index is 13.1. The maximum atomic E-state index is 13.1. The monoisotopic (exact) mass is 485 g/mol. The first-order chi connectivity index (χ1) is 16.0. The van der Waals surface area contributed by atoms with E-state index in [1.807, 2.05) is 47.7 Å². The number of carbonyl (C=O) groups excluding carboxylic acids is 1. The summed E-state index contributed by atoms with van der Waals surface area (Å²) in [7, 11) is 1.63. The topological polar surface area (TPSA) is 90.5 Å². The molecule has 0 aliphatic heterocycles. The first-order valence-electron chi connectivity index (χ1n) is 10.5. The third kappa shape index (κ3) is 5.05. The molecule has 8 nitrogen and oxygen atoms in total. The van der Waals surface area contributed by atoms with Gasteiger partial charge in [-0.1, -0.05) is 47.6 Å². The molecule has 4 aromatic rings. The van der Waals surface area contributed by atoms with Crippen LogP contribution in [-0.2, 0) is 16.1 Å². The van der Waals surface area contributed by atoms with Crippen molar-refractivity contribution < 1.29 is 9.53 Å². The Morgan fingerprint density at radius 3 is 2.82 bits per heavy atom. The van der Waals surface area contributed by atoms with E-state index in [0.717, 1.165) is 5.56 Å². The Morgan fingerprint density at radius 1 is 1.21 bits per heavy atom. The maximum Gasteiger partial charge on any atom is 0.262 e. The second-order valence-corrected chi connectivity index (χ2v) is 8.95. The third-order valence-electron chi connectivity index (χ3n) is 5.27. The lowest BCUT2D eigenvalue weighted by atomic mass is 10.1. The highest BCUT2D eigenvalue weighted by molar-refractivity contribution is 7.99. The number of ether oxygens (including phenoxy) is 1. The van der Waals surface area contributed by atoms with E-state index in [2.05, 4.69) is 15.5 Å². The third-order valence-corrected chi connectivity index (χ3v) is 6.43. The molecule has 0 aliphatic carbocycles. The van der Waals surface area contributed by atoms with Crippen LogP contribution in [0.5, 0.6) is 0 Å². The van der Waals surface area contributed by atoms with Crippen LogP contribution in [0.4, 0.5) is 0 Å². The summed E-state index contributed by atoms with van der Waals surface area (Å²) >= 11 is 7.33. The zero-order chi connectivity index (χ0) is 23.4. The molecule has 1 amide bonds. The summed E-state index contributed by atoms with van der Waals surface area (Å²) in [4.78, 5) is 25.7. The molecule has 1 unspecified atom stereocenters. The quantitative estimate of drug-likeness (QED) is 0.287. The van der Waals surface area contributed by atoms with Gasteiger partial charge in [0, 0.05) is 25.3 Å². The fourth-order valence-electron chi connectivity index (χ4n) is 3.67. The second-order valence-electron chi connectivity index (χ2n) is 7.57. The molecule has 10 heteroatoms. The zero-order valence-corrected chi connectivity index (χ0v) is 19.9. The molecular formula is C23H24ClN5O3S. The zero-order valence-electron chi connectivity index (χ0n) is 18.3. The summed E-state index contributed by atoms with van der Waals surface area (Å²) < 4.78 is 8.58. The van der Waals surface area contributed by atoms with Crippen LogP contribution in [0.3, 0.4) is 0 Å². The molecule has 1 atom stereocenters. The van der Waals surface area contributed by atoms with Crippen LogP contribution in [-0.4, -0.2) is 44.5 Å². The molecule has 0 aliphatic rings. The summed E-state index contributed by atoms with van der Waals surface area (Å²) in [6.45, 7) is 2.90. The Bertz CT molecular complexity index is 1350. The van der Waals surface area contributed by atoms with Gasteiger partial charge in [-0.3, -0.25) is 18.6 Å². The van der Waals surface area contributed by atoms with Gasteiger partial charge in [-0.05, 0) is 43.2 Å². The van der Waals surface area contributed by atoms with Gasteiger partial charge in [-0.2, -0.15) is 0 Å². The lowest BCUT2D eigenvalue weighted by Crippen LogP contribution is -2.28. The number of aryl methyl sites for hydroxylation is 1. The molecule has 172 valence electrons. The molecule has 2 aromatic carbocycles. The van der Waals surface area contributed by atoms with Crippen molar-refractivity contribution in [3.63, 3.8) is 0 Å². The summed E-state index contributed by atoms with van der Waals surface area (Å²) in [5, 5.41) is 13.3. The molecule has 0 spiro atoms. The summed E-state index contributed by atoms with van der Waals surface area (Å²) in [5.74, 6) is 0.468. The van der Waals surface area contributed by atoms with E-state index in [1.165, 1.54) is 11.8 Å². The van der Waals surface area contributed by atoms with Crippen molar-refractivity contribution in [2.45, 2.75) is 31.1 Å². The van der Waals surface area contributed by atoms with Crippen LogP contribution in [0.2, 0.25) is 5.02 Å². The van der Waals surface area contributed by atoms with Crippen LogP contribution in [0, 0.1) is 0 Å². The molecule has 4 rings (SSSR count). The number of amides is 1. The van der Waals surface area contributed by atoms with Crippen molar-refractivity contribution in [2.75, 3.05) is 19.5 Å². The predicted octanol–water partition coefficient (Wildman–Crippen LogP) is 3.70. The van der Waals surface area contributed by atoms with Gasteiger partial charge in [-0.25, -0.2) is 0 Å². The van der Waals surface area contributed by atoms with Crippen molar-refractivity contribution >= 4 is 46.0 Å². The normalized spacial score (nSPS) is 12.3. The molecule has 2 heterocycles. The number of para-hydroxylation sites is 1. The molecule has 33 heavy (non-hydrogen) atoms. The minimum Gasteiger partial charge on any atom is -0.385 e. The van der Waals surface area contributed by atoms with E-state index < -0.39 is 0 Å². The van der Waals surface area contributed by atoms with Crippen molar-refractivity contribution in [1.82, 2.24) is 24.5 Å². The number of thioether (sulfide) groups is 1. The Hall–Kier alpha value is -2.88.